The molecule has 0 spiro atoms. The normalized spacial score (nSPS) is 11.0. The summed E-state index contributed by atoms with van der Waals surface area (Å²) < 4.78 is 37.2. The summed E-state index contributed by atoms with van der Waals surface area (Å²) in [6.07, 6.45) is -4.77. The Bertz CT molecular complexity index is 471. The first-order chi connectivity index (χ1) is 7.71. The maximum absolute atomic E-state index is 12.4. The van der Waals surface area contributed by atoms with Crippen molar-refractivity contribution in [1.29, 1.82) is 5.41 Å². The molecule has 0 atom stereocenters. The SMILES string of the molecule is N=C(N)NC(=O)c1ccc(O)c(C(F)(F)F)c1. The number of guanidine groups is 1. The Hall–Kier alpha value is -2.25. The zero-order valence-corrected chi connectivity index (χ0v) is 8.30. The molecule has 92 valence electrons. The highest BCUT2D eigenvalue weighted by molar-refractivity contribution is 6.04. The summed E-state index contributed by atoms with van der Waals surface area (Å²) in [5.41, 5.74) is 3.18. The van der Waals surface area contributed by atoms with Crippen molar-refractivity contribution in [3.05, 3.63) is 29.3 Å². The minimum Gasteiger partial charge on any atom is -0.507 e. The van der Waals surface area contributed by atoms with Crippen LogP contribution in [-0.4, -0.2) is 17.0 Å². The number of alkyl halides is 3. The Morgan fingerprint density at radius 2 is 2.00 bits per heavy atom. The summed E-state index contributed by atoms with van der Waals surface area (Å²) in [5.74, 6) is -2.61. The summed E-state index contributed by atoms with van der Waals surface area (Å²) in [7, 11) is 0. The number of aromatic hydroxyl groups is 1. The highest BCUT2D eigenvalue weighted by Crippen LogP contribution is 2.35. The Morgan fingerprint density at radius 3 is 2.47 bits per heavy atom. The molecule has 0 bridgehead atoms. The van der Waals surface area contributed by atoms with Crippen LogP contribution in [-0.2, 0) is 6.18 Å². The van der Waals surface area contributed by atoms with E-state index in [1.807, 2.05) is 5.32 Å². The van der Waals surface area contributed by atoms with Gasteiger partial charge in [0, 0.05) is 5.56 Å². The van der Waals surface area contributed by atoms with Crippen molar-refractivity contribution in [3.8, 4) is 5.75 Å². The van der Waals surface area contributed by atoms with Gasteiger partial charge in [0.05, 0.1) is 5.56 Å². The molecule has 1 rings (SSSR count). The van der Waals surface area contributed by atoms with Crippen molar-refractivity contribution in [1.82, 2.24) is 5.32 Å². The number of phenolic OH excluding ortho intramolecular Hbond substituents is 1. The summed E-state index contributed by atoms with van der Waals surface area (Å²) in [4.78, 5) is 11.3. The summed E-state index contributed by atoms with van der Waals surface area (Å²) in [5, 5.41) is 17.6. The van der Waals surface area contributed by atoms with E-state index in [4.69, 9.17) is 16.2 Å². The third-order valence-corrected chi connectivity index (χ3v) is 1.81. The first kappa shape index (κ1) is 12.8. The first-order valence-corrected chi connectivity index (χ1v) is 4.27. The lowest BCUT2D eigenvalue weighted by Crippen LogP contribution is -2.35. The predicted molar refractivity (Wildman–Crippen MR) is 52.5 cm³/mol. The second kappa shape index (κ2) is 4.32. The van der Waals surface area contributed by atoms with E-state index < -0.39 is 29.4 Å². The molecular weight excluding hydrogens is 239 g/mol. The van der Waals surface area contributed by atoms with E-state index >= 15 is 0 Å². The van der Waals surface area contributed by atoms with Crippen molar-refractivity contribution in [3.63, 3.8) is 0 Å². The lowest BCUT2D eigenvalue weighted by Gasteiger charge is -2.10. The van der Waals surface area contributed by atoms with Gasteiger partial charge in [-0.2, -0.15) is 13.2 Å². The molecule has 0 fully saturated rings. The number of benzene rings is 1. The van der Waals surface area contributed by atoms with Crippen LogP contribution in [0.25, 0.3) is 0 Å². The van der Waals surface area contributed by atoms with E-state index in [-0.39, 0.29) is 5.56 Å². The van der Waals surface area contributed by atoms with Crippen molar-refractivity contribution in [2.24, 2.45) is 5.73 Å². The minimum absolute atomic E-state index is 0.356. The lowest BCUT2D eigenvalue weighted by molar-refractivity contribution is -0.138. The fourth-order valence-corrected chi connectivity index (χ4v) is 1.10. The second-order valence-corrected chi connectivity index (χ2v) is 3.10. The third-order valence-electron chi connectivity index (χ3n) is 1.81. The second-order valence-electron chi connectivity index (χ2n) is 3.10. The van der Waals surface area contributed by atoms with Crippen LogP contribution in [0.3, 0.4) is 0 Å². The number of nitrogens with one attached hydrogen (secondary N) is 2. The standard InChI is InChI=1S/C9H8F3N3O2/c10-9(11,12)5-3-4(1-2-6(5)16)7(17)15-8(13)14/h1-3,16H,(H4,13,14,15,17). The van der Waals surface area contributed by atoms with E-state index in [0.717, 1.165) is 12.1 Å². The number of carbonyl (C=O) groups excluding carboxylic acids is 1. The van der Waals surface area contributed by atoms with Crippen molar-refractivity contribution in [2.75, 3.05) is 0 Å². The molecule has 0 radical (unpaired) electrons. The van der Waals surface area contributed by atoms with Gasteiger partial charge in [-0.15, -0.1) is 0 Å². The van der Waals surface area contributed by atoms with Crippen molar-refractivity contribution in [2.45, 2.75) is 6.18 Å². The highest BCUT2D eigenvalue weighted by atomic mass is 19.4. The molecule has 0 saturated heterocycles. The van der Waals surface area contributed by atoms with Gasteiger partial charge in [0.15, 0.2) is 5.96 Å². The Morgan fingerprint density at radius 1 is 1.41 bits per heavy atom. The topological polar surface area (TPSA) is 99.2 Å². The molecule has 1 amide bonds. The van der Waals surface area contributed by atoms with E-state index in [1.54, 1.807) is 0 Å². The molecule has 0 saturated carbocycles. The van der Waals surface area contributed by atoms with Gasteiger partial charge in [0.25, 0.3) is 5.91 Å². The van der Waals surface area contributed by atoms with Gasteiger partial charge in [-0.25, -0.2) is 0 Å². The van der Waals surface area contributed by atoms with Gasteiger partial charge in [0.2, 0.25) is 0 Å². The monoisotopic (exact) mass is 247 g/mol. The number of nitrogens with two attached hydrogens (primary N) is 1. The highest BCUT2D eigenvalue weighted by Gasteiger charge is 2.34. The van der Waals surface area contributed by atoms with Crippen molar-refractivity contribution >= 4 is 11.9 Å². The van der Waals surface area contributed by atoms with Gasteiger partial charge < -0.3 is 10.8 Å². The zero-order chi connectivity index (χ0) is 13.2. The number of phenols is 1. The van der Waals surface area contributed by atoms with Crippen LogP contribution in [0.4, 0.5) is 13.2 Å². The molecule has 0 aliphatic heterocycles. The molecule has 0 aromatic heterocycles. The molecule has 1 aromatic rings. The fourth-order valence-electron chi connectivity index (χ4n) is 1.10. The number of halogens is 3. The van der Waals surface area contributed by atoms with E-state index in [2.05, 4.69) is 0 Å². The van der Waals surface area contributed by atoms with Gasteiger partial charge in [0.1, 0.15) is 5.75 Å². The molecule has 1 aromatic carbocycles. The first-order valence-electron chi connectivity index (χ1n) is 4.27. The summed E-state index contributed by atoms with van der Waals surface area (Å²) in [6, 6.07) is 2.22. The molecule has 8 heteroatoms. The molecule has 0 heterocycles. The maximum Gasteiger partial charge on any atom is 0.419 e. The number of amides is 1. The van der Waals surface area contributed by atoms with Crippen LogP contribution in [0, 0.1) is 5.41 Å². The van der Waals surface area contributed by atoms with E-state index in [0.29, 0.717) is 6.07 Å². The largest absolute Gasteiger partial charge is 0.507 e. The molecule has 5 N–H and O–H groups in total. The van der Waals surface area contributed by atoms with Crippen LogP contribution in [0.15, 0.2) is 18.2 Å². The third kappa shape index (κ3) is 3.10. The van der Waals surface area contributed by atoms with Gasteiger partial charge in [-0.1, -0.05) is 0 Å². The minimum atomic E-state index is -4.77. The number of carbonyl (C=O) groups is 1. The Kier molecular flexibility index (Phi) is 3.26. The van der Waals surface area contributed by atoms with Crippen LogP contribution in [0.5, 0.6) is 5.75 Å². The maximum atomic E-state index is 12.4. The van der Waals surface area contributed by atoms with Crippen LogP contribution >= 0.6 is 0 Å². The zero-order valence-electron chi connectivity index (χ0n) is 8.30. The van der Waals surface area contributed by atoms with E-state index in [1.165, 1.54) is 0 Å². The number of rotatable bonds is 1. The smallest absolute Gasteiger partial charge is 0.419 e. The number of hydrogen-bond acceptors (Lipinski definition) is 3. The van der Waals surface area contributed by atoms with Crippen LogP contribution in [0.2, 0.25) is 0 Å². The lowest BCUT2D eigenvalue weighted by atomic mass is 10.1. The molecule has 0 unspecified atom stereocenters. The molecule has 0 aliphatic carbocycles. The van der Waals surface area contributed by atoms with Crippen molar-refractivity contribution < 1.29 is 23.1 Å². The molecule has 0 aliphatic rings. The summed E-state index contributed by atoms with van der Waals surface area (Å²) >= 11 is 0. The molecule has 17 heavy (non-hydrogen) atoms. The molecular formula is C9H8F3N3O2. The summed E-state index contributed by atoms with van der Waals surface area (Å²) in [6.45, 7) is 0. The van der Waals surface area contributed by atoms with Crippen LogP contribution < -0.4 is 11.1 Å². The van der Waals surface area contributed by atoms with Gasteiger partial charge in [-0.3, -0.25) is 15.5 Å². The van der Waals surface area contributed by atoms with Gasteiger partial charge >= 0.3 is 6.18 Å². The average molecular weight is 247 g/mol. The van der Waals surface area contributed by atoms with Gasteiger partial charge in [-0.05, 0) is 18.2 Å². The predicted octanol–water partition coefficient (Wildman–Crippen LogP) is 1.03. The quantitative estimate of drug-likeness (QED) is 0.440. The number of hydrogen-bond donors (Lipinski definition) is 4. The Balaban J connectivity index is 3.13. The van der Waals surface area contributed by atoms with E-state index in [9.17, 15) is 18.0 Å². The molecule has 5 nitrogen and oxygen atoms in total. The Labute approximate surface area is 93.6 Å². The fraction of sp³-hybridized carbons (Fsp3) is 0.111. The average Bonchev–Trinajstić information content (AvgIpc) is 2.15. The van der Waals surface area contributed by atoms with Crippen LogP contribution in [0.1, 0.15) is 15.9 Å².